The maximum atomic E-state index is 8.60. The van der Waals surface area contributed by atoms with Gasteiger partial charge >= 0.3 is 159 Å². The SMILES string of the molecule is [Ni+2].[O]=[Nb](=[O])[O-].[O]=[Nb](=[O])[O-].[O]=[Nb](=[O])[O-].[O]=[Nb](=[O])[O-].[Pb+2]. The summed E-state index contributed by atoms with van der Waals surface area (Å²) in [6.45, 7) is 0. The summed E-state index contributed by atoms with van der Waals surface area (Å²) in [4.78, 5) is 0. The third-order valence-corrected chi connectivity index (χ3v) is 0. The maximum Gasteiger partial charge on any atom is 2.00 e. The summed E-state index contributed by atoms with van der Waals surface area (Å²) < 4.78 is 103. The second-order valence-electron chi connectivity index (χ2n) is 0.894. The van der Waals surface area contributed by atoms with Crippen molar-refractivity contribution in [2.24, 2.45) is 0 Å². The van der Waals surface area contributed by atoms with Crippen LogP contribution in [0.4, 0.5) is 0 Å². The van der Waals surface area contributed by atoms with Crippen LogP contribution >= 0.6 is 0 Å². The van der Waals surface area contributed by atoms with Crippen molar-refractivity contribution >= 4 is 27.3 Å². The van der Waals surface area contributed by atoms with Gasteiger partial charge in [-0.2, -0.15) is 0 Å². The van der Waals surface area contributed by atoms with Crippen LogP contribution in [0.2, 0.25) is 0 Å². The van der Waals surface area contributed by atoms with Crippen LogP contribution in [-0.4, -0.2) is 27.3 Å². The first kappa shape index (κ1) is 37.1. The first-order valence-electron chi connectivity index (χ1n) is 2.19. The fraction of sp³-hybridized carbons (Fsp3) is 0. The number of hydrogen-bond acceptors (Lipinski definition) is 12. The molecule has 106 valence electrons. The minimum Gasteiger partial charge on any atom is 2.00 e. The van der Waals surface area contributed by atoms with Gasteiger partial charge in [0.2, 0.25) is 0 Å². The van der Waals surface area contributed by atoms with Crippen molar-refractivity contribution in [3.05, 3.63) is 0 Å². The summed E-state index contributed by atoms with van der Waals surface area (Å²) in [5.74, 6) is 0. The van der Waals surface area contributed by atoms with Crippen LogP contribution in [0.15, 0.2) is 0 Å². The van der Waals surface area contributed by atoms with Crippen molar-refractivity contribution in [3.8, 4) is 0 Å². The van der Waals surface area contributed by atoms with E-state index in [0.717, 1.165) is 0 Å². The van der Waals surface area contributed by atoms with Crippen molar-refractivity contribution in [2.75, 3.05) is 0 Å². The molecule has 0 atom stereocenters. The van der Waals surface area contributed by atoms with Gasteiger partial charge in [-0.1, -0.05) is 0 Å². The van der Waals surface area contributed by atoms with Crippen molar-refractivity contribution in [1.82, 2.24) is 0 Å². The molecule has 0 saturated heterocycles. The zero-order chi connectivity index (χ0) is 14.3. The molecule has 0 heterocycles. The summed E-state index contributed by atoms with van der Waals surface area (Å²) in [7, 11) is 0. The van der Waals surface area contributed by atoms with Crippen molar-refractivity contribution in [2.45, 2.75) is 0 Å². The molecule has 0 rings (SSSR count). The molecule has 0 aromatic heterocycles. The van der Waals surface area contributed by atoms with Crippen LogP contribution in [0.25, 0.3) is 0 Å². The molecule has 0 unspecified atom stereocenters. The van der Waals surface area contributed by atoms with Gasteiger partial charge in [0.1, 0.15) is 0 Å². The molecule has 0 N–H and O–H groups in total. The molecule has 0 aromatic rings. The minimum atomic E-state index is -4.20. The van der Waals surface area contributed by atoms with Gasteiger partial charge in [-0.3, -0.25) is 0 Å². The summed E-state index contributed by atoms with van der Waals surface area (Å²) in [6.07, 6.45) is 0. The first-order valence-corrected chi connectivity index (χ1v) is 13.0. The Kier molecular flexibility index (Phi) is 65.6. The molecule has 0 amide bonds. The van der Waals surface area contributed by atoms with Crippen LogP contribution < -0.4 is 14.5 Å². The van der Waals surface area contributed by atoms with Crippen LogP contribution in [0, 0.1) is 0 Å². The zero-order valence-corrected chi connectivity index (χ0v) is 21.2. The smallest absolute Gasteiger partial charge is 2.00 e. The Morgan fingerprint density at radius 1 is 0.444 bits per heavy atom. The Morgan fingerprint density at radius 3 is 0.444 bits per heavy atom. The van der Waals surface area contributed by atoms with Crippen molar-refractivity contribution < 1.29 is 132 Å². The minimum absolute atomic E-state index is 0. The number of rotatable bonds is 0. The molecule has 0 aliphatic heterocycles. The number of hydrogen-bond donors (Lipinski definition) is 0. The third kappa shape index (κ3) is 844. The largest absolute Gasteiger partial charge is 2.00 e. The van der Waals surface area contributed by atoms with E-state index in [-0.39, 0.29) is 43.8 Å². The van der Waals surface area contributed by atoms with E-state index < -0.39 is 75.1 Å². The standard InChI is InChI=1S/4Nb.Ni.12O.Pb/q;;;;+2;;;;;;;;;4*-1;+2. The van der Waals surface area contributed by atoms with Gasteiger partial charge in [0.05, 0.1) is 0 Å². The molecule has 0 fully saturated rings. The molecule has 0 saturated carbocycles. The van der Waals surface area contributed by atoms with Gasteiger partial charge in [-0.25, -0.2) is 0 Å². The topological polar surface area (TPSA) is 229 Å². The first-order chi connectivity index (χ1) is 6.93. The summed E-state index contributed by atoms with van der Waals surface area (Å²) in [5.41, 5.74) is 0. The predicted octanol–water partition coefficient (Wildman–Crippen LogP) is -6.10. The molecular formula is Nb4NiO12Pb. The van der Waals surface area contributed by atoms with Gasteiger partial charge < -0.3 is 0 Å². The fourth-order valence-corrected chi connectivity index (χ4v) is 0. The Balaban J connectivity index is -0.0000000257. The van der Waals surface area contributed by atoms with E-state index in [1.54, 1.807) is 0 Å². The Hall–Kier alpha value is 2.62. The molecule has 0 aliphatic carbocycles. The Bertz CT molecular complexity index is 298. The van der Waals surface area contributed by atoms with Crippen LogP contribution in [0.3, 0.4) is 0 Å². The molecular weight excluding hydrogens is 830 g/mol. The molecule has 0 aliphatic rings. The molecule has 18 heteroatoms. The monoisotopic (exact) mass is 829 g/mol. The van der Waals surface area contributed by atoms with Crippen molar-refractivity contribution in [3.63, 3.8) is 0 Å². The summed E-state index contributed by atoms with van der Waals surface area (Å²) in [5, 5.41) is 0. The van der Waals surface area contributed by atoms with Gasteiger partial charge in [0.15, 0.2) is 0 Å². The fourth-order valence-electron chi connectivity index (χ4n) is 0. The van der Waals surface area contributed by atoms with Crippen LogP contribution in [0.1, 0.15) is 0 Å². The second-order valence-corrected chi connectivity index (χ2v) is 5.29. The Morgan fingerprint density at radius 2 is 0.444 bits per heavy atom. The molecule has 18 heavy (non-hydrogen) atoms. The molecule has 0 aromatic carbocycles. The van der Waals surface area contributed by atoms with E-state index in [4.69, 9.17) is 40.5 Å². The van der Waals surface area contributed by atoms with E-state index in [1.165, 1.54) is 0 Å². The summed E-state index contributed by atoms with van der Waals surface area (Å²) >= 11 is -16.8. The quantitative estimate of drug-likeness (QED) is 0.208. The van der Waals surface area contributed by atoms with E-state index in [9.17, 15) is 0 Å². The van der Waals surface area contributed by atoms with Gasteiger partial charge in [-0.05, 0) is 0 Å². The van der Waals surface area contributed by atoms with Gasteiger partial charge in [-0.15, -0.1) is 0 Å². The summed E-state index contributed by atoms with van der Waals surface area (Å²) in [6, 6.07) is 0. The molecule has 12 nitrogen and oxygen atoms in total. The zero-order valence-electron chi connectivity index (χ0n) is 7.50. The van der Waals surface area contributed by atoms with Gasteiger partial charge in [0, 0.05) is 0 Å². The van der Waals surface area contributed by atoms with E-state index in [1.807, 2.05) is 0 Å². The van der Waals surface area contributed by atoms with Crippen molar-refractivity contribution in [1.29, 1.82) is 0 Å². The average Bonchev–Trinajstić information content (AvgIpc) is 1.76. The normalized spacial score (nSPS) is 5.56. The van der Waals surface area contributed by atoms with E-state index >= 15 is 0 Å². The van der Waals surface area contributed by atoms with E-state index in [2.05, 4.69) is 0 Å². The Labute approximate surface area is 156 Å². The molecule has 0 spiro atoms. The second kappa shape index (κ2) is 31.8. The van der Waals surface area contributed by atoms with Crippen LogP contribution in [-0.2, 0) is 118 Å². The van der Waals surface area contributed by atoms with Gasteiger partial charge in [0.25, 0.3) is 0 Å². The molecule has 0 bridgehead atoms. The average molecular weight is 830 g/mol. The third-order valence-electron chi connectivity index (χ3n) is 0. The molecule has 2 radical (unpaired) electrons. The predicted molar refractivity (Wildman–Crippen MR) is 11.2 cm³/mol. The van der Waals surface area contributed by atoms with Crippen LogP contribution in [0.5, 0.6) is 0 Å². The van der Waals surface area contributed by atoms with E-state index in [0.29, 0.717) is 0 Å². The maximum absolute atomic E-state index is 8.60.